The van der Waals surface area contributed by atoms with Crippen LogP contribution < -0.4 is 0 Å². The Hall–Kier alpha value is -1.37. The van der Waals surface area contributed by atoms with Crippen molar-refractivity contribution in [2.24, 2.45) is 0 Å². The molecule has 0 aromatic heterocycles. The first-order valence-electron chi connectivity index (χ1n) is 6.89. The first-order chi connectivity index (χ1) is 9.28. The number of benzene rings is 1. The fourth-order valence-corrected chi connectivity index (χ4v) is 2.41. The van der Waals surface area contributed by atoms with Crippen LogP contribution in [0.4, 0.5) is 4.39 Å². The van der Waals surface area contributed by atoms with Gasteiger partial charge in [-0.15, -0.1) is 0 Å². The van der Waals surface area contributed by atoms with Crippen LogP contribution in [0, 0.1) is 17.7 Å². The molecule has 19 heavy (non-hydrogen) atoms. The summed E-state index contributed by atoms with van der Waals surface area (Å²) in [5.41, 5.74) is 1.68. The van der Waals surface area contributed by atoms with Gasteiger partial charge < -0.3 is 5.11 Å². The molecular formula is C16H20FNO. The van der Waals surface area contributed by atoms with Crippen molar-refractivity contribution >= 4 is 0 Å². The average Bonchev–Trinajstić information content (AvgIpc) is 2.39. The topological polar surface area (TPSA) is 23.5 Å². The lowest BCUT2D eigenvalue weighted by Crippen LogP contribution is -2.29. The highest BCUT2D eigenvalue weighted by Gasteiger charge is 2.11. The quantitative estimate of drug-likeness (QED) is 0.845. The predicted octanol–water partition coefficient (Wildman–Crippen LogP) is 2.55. The third kappa shape index (κ3) is 4.66. The summed E-state index contributed by atoms with van der Waals surface area (Å²) < 4.78 is 13.6. The smallest absolute Gasteiger partial charge is 0.124 e. The van der Waals surface area contributed by atoms with Gasteiger partial charge in [0.05, 0.1) is 6.61 Å². The largest absolute Gasteiger partial charge is 0.395 e. The third-order valence-corrected chi connectivity index (χ3v) is 3.28. The Kier molecular flexibility index (Phi) is 5.38. The molecule has 0 unspecified atom stereocenters. The molecule has 3 heteroatoms. The molecule has 0 atom stereocenters. The summed E-state index contributed by atoms with van der Waals surface area (Å²) in [5, 5.41) is 8.69. The van der Waals surface area contributed by atoms with Gasteiger partial charge in [0.15, 0.2) is 0 Å². The SMILES string of the molecule is OCCC#Cc1cc(F)cc(CN2CCCCC2)c1. The molecule has 0 radical (unpaired) electrons. The zero-order valence-corrected chi connectivity index (χ0v) is 11.2. The van der Waals surface area contributed by atoms with E-state index in [9.17, 15) is 4.39 Å². The molecule has 0 saturated carbocycles. The number of likely N-dealkylation sites (tertiary alicyclic amines) is 1. The molecule has 0 spiro atoms. The zero-order valence-electron chi connectivity index (χ0n) is 11.2. The molecule has 0 amide bonds. The Bertz CT molecular complexity index is 469. The molecule has 1 fully saturated rings. The number of hydrogen-bond acceptors (Lipinski definition) is 2. The first kappa shape index (κ1) is 14.0. The predicted molar refractivity (Wildman–Crippen MR) is 74.1 cm³/mol. The van der Waals surface area contributed by atoms with Crippen molar-refractivity contribution < 1.29 is 9.50 Å². The van der Waals surface area contributed by atoms with E-state index in [1.54, 1.807) is 6.07 Å². The van der Waals surface area contributed by atoms with E-state index in [1.807, 2.05) is 6.07 Å². The lowest BCUT2D eigenvalue weighted by atomic mass is 10.1. The van der Waals surface area contributed by atoms with Gasteiger partial charge in [-0.1, -0.05) is 18.3 Å². The highest BCUT2D eigenvalue weighted by molar-refractivity contribution is 5.37. The van der Waals surface area contributed by atoms with Crippen molar-refractivity contribution in [2.45, 2.75) is 32.2 Å². The van der Waals surface area contributed by atoms with Gasteiger partial charge >= 0.3 is 0 Å². The molecule has 1 heterocycles. The van der Waals surface area contributed by atoms with Crippen LogP contribution in [-0.4, -0.2) is 29.7 Å². The molecule has 1 aliphatic rings. The molecule has 1 N–H and O–H groups in total. The second-order valence-corrected chi connectivity index (χ2v) is 4.96. The Morgan fingerprint density at radius 2 is 1.95 bits per heavy atom. The Labute approximate surface area is 114 Å². The summed E-state index contributed by atoms with van der Waals surface area (Å²) in [6, 6.07) is 4.98. The fraction of sp³-hybridized carbons (Fsp3) is 0.500. The second kappa shape index (κ2) is 7.28. The Morgan fingerprint density at radius 1 is 1.16 bits per heavy atom. The maximum atomic E-state index is 13.6. The van der Waals surface area contributed by atoms with Crippen LogP contribution in [0.25, 0.3) is 0 Å². The molecule has 0 aliphatic carbocycles. The minimum Gasteiger partial charge on any atom is -0.395 e. The summed E-state index contributed by atoms with van der Waals surface area (Å²) >= 11 is 0. The van der Waals surface area contributed by atoms with Gasteiger partial charge in [-0.2, -0.15) is 0 Å². The summed E-state index contributed by atoms with van der Waals surface area (Å²) in [4.78, 5) is 2.36. The molecule has 0 bridgehead atoms. The Balaban J connectivity index is 2.05. The number of nitrogens with zero attached hydrogens (tertiary/aromatic N) is 1. The van der Waals surface area contributed by atoms with Crippen LogP contribution >= 0.6 is 0 Å². The maximum Gasteiger partial charge on any atom is 0.124 e. The van der Waals surface area contributed by atoms with Crippen molar-refractivity contribution in [2.75, 3.05) is 19.7 Å². The lowest BCUT2D eigenvalue weighted by Gasteiger charge is -2.26. The van der Waals surface area contributed by atoms with Crippen LogP contribution in [0.5, 0.6) is 0 Å². The normalized spacial score (nSPS) is 15.9. The standard InChI is InChI=1S/C16H20FNO/c17-16-11-14(6-2-5-9-19)10-15(12-16)13-18-7-3-1-4-8-18/h10-12,19H,1,3-5,7-9,13H2. The van der Waals surface area contributed by atoms with Crippen molar-refractivity contribution in [3.63, 3.8) is 0 Å². The maximum absolute atomic E-state index is 13.6. The van der Waals surface area contributed by atoms with E-state index in [0.29, 0.717) is 12.0 Å². The van der Waals surface area contributed by atoms with Crippen LogP contribution in [0.3, 0.4) is 0 Å². The van der Waals surface area contributed by atoms with Crippen molar-refractivity contribution in [1.29, 1.82) is 0 Å². The van der Waals surface area contributed by atoms with Gasteiger partial charge in [0.2, 0.25) is 0 Å². The molecule has 102 valence electrons. The van der Waals surface area contributed by atoms with Gasteiger partial charge in [-0.05, 0) is 49.7 Å². The van der Waals surface area contributed by atoms with Gasteiger partial charge in [0.1, 0.15) is 5.82 Å². The van der Waals surface area contributed by atoms with Crippen LogP contribution in [0.15, 0.2) is 18.2 Å². The minimum absolute atomic E-state index is 0.0446. The summed E-state index contributed by atoms with van der Waals surface area (Å²) in [5.74, 6) is 5.49. The van der Waals surface area contributed by atoms with Crippen molar-refractivity contribution in [1.82, 2.24) is 4.90 Å². The number of rotatable bonds is 3. The summed E-state index contributed by atoms with van der Waals surface area (Å²) in [6.45, 7) is 3.04. The van der Waals surface area contributed by atoms with Gasteiger partial charge in [0, 0.05) is 18.5 Å². The second-order valence-electron chi connectivity index (χ2n) is 4.96. The average molecular weight is 261 g/mol. The zero-order chi connectivity index (χ0) is 13.5. The molecule has 1 aromatic carbocycles. The highest BCUT2D eigenvalue weighted by Crippen LogP contribution is 2.15. The van der Waals surface area contributed by atoms with Crippen LogP contribution in [0.1, 0.15) is 36.8 Å². The molecule has 2 rings (SSSR count). The van der Waals surface area contributed by atoms with E-state index in [-0.39, 0.29) is 12.4 Å². The van der Waals surface area contributed by atoms with E-state index in [0.717, 1.165) is 25.2 Å². The van der Waals surface area contributed by atoms with E-state index in [2.05, 4.69) is 16.7 Å². The molecule has 2 nitrogen and oxygen atoms in total. The molecular weight excluding hydrogens is 241 g/mol. The highest BCUT2D eigenvalue weighted by atomic mass is 19.1. The number of aliphatic hydroxyl groups is 1. The first-order valence-corrected chi connectivity index (χ1v) is 6.89. The number of aliphatic hydroxyl groups excluding tert-OH is 1. The third-order valence-electron chi connectivity index (χ3n) is 3.28. The number of piperidine rings is 1. The summed E-state index contributed by atoms with van der Waals surface area (Å²) in [6.07, 6.45) is 4.20. The molecule has 1 aliphatic heterocycles. The van der Waals surface area contributed by atoms with Crippen LogP contribution in [-0.2, 0) is 6.54 Å². The van der Waals surface area contributed by atoms with Gasteiger partial charge in [-0.3, -0.25) is 4.90 Å². The summed E-state index contributed by atoms with van der Waals surface area (Å²) in [7, 11) is 0. The van der Waals surface area contributed by atoms with Crippen molar-refractivity contribution in [3.8, 4) is 11.8 Å². The monoisotopic (exact) mass is 261 g/mol. The molecule has 1 saturated heterocycles. The fourth-order valence-electron chi connectivity index (χ4n) is 2.41. The van der Waals surface area contributed by atoms with E-state index in [1.165, 1.54) is 25.3 Å². The molecule has 1 aromatic rings. The lowest BCUT2D eigenvalue weighted by molar-refractivity contribution is 0.220. The minimum atomic E-state index is -0.234. The number of hydrogen-bond donors (Lipinski definition) is 1. The van der Waals surface area contributed by atoms with E-state index >= 15 is 0 Å². The van der Waals surface area contributed by atoms with Gasteiger partial charge in [0.25, 0.3) is 0 Å². The number of halogens is 1. The van der Waals surface area contributed by atoms with E-state index in [4.69, 9.17) is 5.11 Å². The van der Waals surface area contributed by atoms with Crippen LogP contribution in [0.2, 0.25) is 0 Å². The Morgan fingerprint density at radius 3 is 2.68 bits per heavy atom. The van der Waals surface area contributed by atoms with E-state index < -0.39 is 0 Å². The van der Waals surface area contributed by atoms with Crippen molar-refractivity contribution in [3.05, 3.63) is 35.1 Å². The van der Waals surface area contributed by atoms with Gasteiger partial charge in [-0.25, -0.2) is 4.39 Å².